The van der Waals surface area contributed by atoms with E-state index in [4.69, 9.17) is 5.73 Å². The van der Waals surface area contributed by atoms with E-state index in [2.05, 4.69) is 28.5 Å². The highest BCUT2D eigenvalue weighted by molar-refractivity contribution is 6.05. The topological polar surface area (TPSA) is 81.6 Å². The minimum atomic E-state index is -0.127. The van der Waals surface area contributed by atoms with E-state index in [0.29, 0.717) is 23.1 Å². The van der Waals surface area contributed by atoms with Crippen LogP contribution in [0.4, 0.5) is 5.69 Å². The van der Waals surface area contributed by atoms with Crippen molar-refractivity contribution in [3.05, 3.63) is 35.4 Å². The first-order chi connectivity index (χ1) is 11.2. The Labute approximate surface area is 133 Å². The zero-order valence-electron chi connectivity index (χ0n) is 13.1. The molecule has 0 aliphatic rings. The summed E-state index contributed by atoms with van der Waals surface area (Å²) in [5.41, 5.74) is 7.94. The second-order valence-corrected chi connectivity index (χ2v) is 5.35. The summed E-state index contributed by atoms with van der Waals surface area (Å²) in [5.74, 6) is 5.94. The van der Waals surface area contributed by atoms with E-state index in [-0.39, 0.29) is 5.56 Å². The molecule has 0 aromatic carbocycles. The molecule has 3 rings (SSSR count). The van der Waals surface area contributed by atoms with Gasteiger partial charge in [0, 0.05) is 31.9 Å². The number of hydrogen-bond acceptors (Lipinski definition) is 3. The summed E-state index contributed by atoms with van der Waals surface area (Å²) in [6, 6.07) is 0. The number of aromatic amines is 1. The van der Waals surface area contributed by atoms with Crippen molar-refractivity contribution in [2.45, 2.75) is 32.9 Å². The summed E-state index contributed by atoms with van der Waals surface area (Å²) in [5, 5.41) is 4.40. The molecule has 0 amide bonds. The molecule has 23 heavy (non-hydrogen) atoms. The number of pyridine rings is 1. The molecule has 0 atom stereocenters. The molecule has 0 radical (unpaired) electrons. The van der Waals surface area contributed by atoms with Crippen molar-refractivity contribution >= 4 is 27.6 Å². The third kappa shape index (κ3) is 2.50. The Hall–Kier alpha value is -2.94. The highest BCUT2D eigenvalue weighted by Crippen LogP contribution is 2.26. The lowest BCUT2D eigenvalue weighted by atomic mass is 10.2. The first kappa shape index (κ1) is 15.0. The van der Waals surface area contributed by atoms with E-state index in [9.17, 15) is 4.79 Å². The van der Waals surface area contributed by atoms with Gasteiger partial charge < -0.3 is 15.4 Å². The zero-order chi connectivity index (χ0) is 16.4. The van der Waals surface area contributed by atoms with Gasteiger partial charge in [0.15, 0.2) is 5.65 Å². The molecule has 0 spiro atoms. The summed E-state index contributed by atoms with van der Waals surface area (Å²) in [7, 11) is 0. The van der Waals surface area contributed by atoms with Crippen molar-refractivity contribution in [2.75, 3.05) is 5.73 Å². The van der Waals surface area contributed by atoms with Gasteiger partial charge in [0.05, 0.1) is 22.0 Å². The minimum Gasteiger partial charge on any atom is -0.397 e. The third-order valence-corrected chi connectivity index (χ3v) is 3.84. The molecule has 6 heteroatoms. The second-order valence-electron chi connectivity index (χ2n) is 5.35. The fourth-order valence-electron chi connectivity index (χ4n) is 2.74. The number of allylic oxidation sites excluding steroid dienone is 1. The van der Waals surface area contributed by atoms with Crippen LogP contribution in [-0.2, 0) is 13.1 Å². The van der Waals surface area contributed by atoms with Gasteiger partial charge in [-0.05, 0) is 13.3 Å². The molecule has 3 aromatic heterocycles. The van der Waals surface area contributed by atoms with Gasteiger partial charge in [0.1, 0.15) is 0 Å². The maximum atomic E-state index is 12.4. The molecule has 0 aliphatic carbocycles. The van der Waals surface area contributed by atoms with Crippen LogP contribution in [-0.4, -0.2) is 19.3 Å². The SMILES string of the molecule is C=CCn1cc2nc3c(c[nH]n3CCCC#CC)c(N)c2c1=O. The Morgan fingerprint density at radius 3 is 3.09 bits per heavy atom. The normalized spacial score (nSPS) is 10.8. The second kappa shape index (κ2) is 6.05. The molecule has 0 bridgehead atoms. The number of hydrogen-bond donors (Lipinski definition) is 2. The van der Waals surface area contributed by atoms with Crippen molar-refractivity contribution in [3.8, 4) is 11.8 Å². The maximum absolute atomic E-state index is 12.4. The lowest BCUT2D eigenvalue weighted by Crippen LogP contribution is -2.13. The largest absolute Gasteiger partial charge is 0.397 e. The van der Waals surface area contributed by atoms with Crippen LogP contribution in [0.2, 0.25) is 0 Å². The summed E-state index contributed by atoms with van der Waals surface area (Å²) in [6.07, 6.45) is 6.97. The summed E-state index contributed by atoms with van der Waals surface area (Å²) in [6.45, 7) is 6.72. The number of fused-ring (bicyclic) bond motifs is 2. The minimum absolute atomic E-state index is 0.127. The van der Waals surface area contributed by atoms with Crippen molar-refractivity contribution in [1.82, 2.24) is 19.3 Å². The quantitative estimate of drug-likeness (QED) is 0.431. The summed E-state index contributed by atoms with van der Waals surface area (Å²) >= 11 is 0. The van der Waals surface area contributed by atoms with Crippen molar-refractivity contribution < 1.29 is 0 Å². The van der Waals surface area contributed by atoms with E-state index in [1.54, 1.807) is 23.0 Å². The lowest BCUT2D eigenvalue weighted by Gasteiger charge is -2.03. The molecule has 0 fully saturated rings. The Morgan fingerprint density at radius 1 is 1.52 bits per heavy atom. The molecule has 3 N–H and O–H groups in total. The fourth-order valence-corrected chi connectivity index (χ4v) is 2.74. The van der Waals surface area contributed by atoms with Crippen LogP contribution < -0.4 is 11.3 Å². The van der Waals surface area contributed by atoms with Gasteiger partial charge in [-0.25, -0.2) is 4.98 Å². The average Bonchev–Trinajstić information content (AvgIpc) is 3.07. The first-order valence-electron chi connectivity index (χ1n) is 7.54. The highest BCUT2D eigenvalue weighted by atomic mass is 16.1. The van der Waals surface area contributed by atoms with Crippen molar-refractivity contribution in [1.29, 1.82) is 0 Å². The lowest BCUT2D eigenvalue weighted by molar-refractivity contribution is 0.601. The van der Waals surface area contributed by atoms with Gasteiger partial charge in [0.2, 0.25) is 0 Å². The predicted molar refractivity (Wildman–Crippen MR) is 93.1 cm³/mol. The predicted octanol–water partition coefficient (Wildman–Crippen LogP) is 2.25. The molecular formula is C17H19N5O. The van der Waals surface area contributed by atoms with Crippen LogP contribution in [0.5, 0.6) is 0 Å². The van der Waals surface area contributed by atoms with E-state index in [1.165, 1.54) is 0 Å². The monoisotopic (exact) mass is 309 g/mol. The molecule has 0 aliphatic heterocycles. The number of unbranched alkanes of at least 4 members (excludes halogenated alkanes) is 1. The van der Waals surface area contributed by atoms with E-state index in [1.807, 2.05) is 11.6 Å². The van der Waals surface area contributed by atoms with Gasteiger partial charge in [-0.3, -0.25) is 9.48 Å². The number of rotatable bonds is 5. The smallest absolute Gasteiger partial charge is 0.262 e. The van der Waals surface area contributed by atoms with Gasteiger partial charge in [-0.2, -0.15) is 0 Å². The Kier molecular flexibility index (Phi) is 3.94. The average molecular weight is 309 g/mol. The molecule has 0 saturated carbocycles. The number of nitrogens with two attached hydrogens (primary N) is 1. The van der Waals surface area contributed by atoms with E-state index >= 15 is 0 Å². The standard InChI is InChI=1S/C17H19N5O/c1-3-5-6-7-9-22-16-12(10-19-22)15(18)14-13(20-16)11-21(8-4-2)17(14)23/h4,10-11,19H,2,6-9,18H2,1H3. The molecule has 6 nitrogen and oxygen atoms in total. The molecule has 118 valence electrons. The van der Waals surface area contributed by atoms with E-state index < -0.39 is 0 Å². The van der Waals surface area contributed by atoms with Crippen LogP contribution in [0.1, 0.15) is 19.8 Å². The number of nitrogen functional groups attached to an aromatic ring is 1. The Balaban J connectivity index is 2.09. The van der Waals surface area contributed by atoms with Crippen LogP contribution in [0.15, 0.2) is 29.8 Å². The van der Waals surface area contributed by atoms with E-state index in [0.717, 1.165) is 30.4 Å². The molecular weight excluding hydrogens is 290 g/mol. The number of nitrogens with one attached hydrogen (secondary N) is 1. The van der Waals surface area contributed by atoms with Gasteiger partial charge in [-0.15, -0.1) is 18.4 Å². The number of anilines is 1. The van der Waals surface area contributed by atoms with Gasteiger partial charge in [0.25, 0.3) is 5.56 Å². The first-order valence-corrected chi connectivity index (χ1v) is 7.54. The molecule has 3 aromatic rings. The number of aromatic nitrogens is 4. The fraction of sp³-hybridized carbons (Fsp3) is 0.294. The Morgan fingerprint density at radius 2 is 2.35 bits per heavy atom. The van der Waals surface area contributed by atoms with Gasteiger partial charge in [-0.1, -0.05) is 6.08 Å². The van der Waals surface area contributed by atoms with Crippen LogP contribution >= 0.6 is 0 Å². The summed E-state index contributed by atoms with van der Waals surface area (Å²) < 4.78 is 3.52. The highest BCUT2D eigenvalue weighted by Gasteiger charge is 2.16. The molecule has 3 heterocycles. The van der Waals surface area contributed by atoms with Crippen molar-refractivity contribution in [3.63, 3.8) is 0 Å². The summed E-state index contributed by atoms with van der Waals surface area (Å²) in [4.78, 5) is 17.0. The van der Waals surface area contributed by atoms with Crippen LogP contribution in [0.25, 0.3) is 21.9 Å². The number of aryl methyl sites for hydroxylation is 1. The molecule has 0 saturated heterocycles. The van der Waals surface area contributed by atoms with Crippen molar-refractivity contribution in [2.24, 2.45) is 0 Å². The van der Waals surface area contributed by atoms with Crippen LogP contribution in [0.3, 0.4) is 0 Å². The molecule has 0 unspecified atom stereocenters. The zero-order valence-corrected chi connectivity index (χ0v) is 13.1. The van der Waals surface area contributed by atoms with Crippen LogP contribution in [0, 0.1) is 11.8 Å². The number of nitrogens with zero attached hydrogens (tertiary/aromatic N) is 3. The number of H-pyrrole nitrogens is 1. The van der Waals surface area contributed by atoms with Gasteiger partial charge >= 0.3 is 0 Å². The maximum Gasteiger partial charge on any atom is 0.262 e. The Bertz CT molecular complexity index is 993. The third-order valence-electron chi connectivity index (χ3n) is 3.84.